The summed E-state index contributed by atoms with van der Waals surface area (Å²) in [7, 11) is 0. The molecule has 0 bridgehead atoms. The molecule has 1 aromatic carbocycles. The molecule has 4 nitrogen and oxygen atoms in total. The first-order chi connectivity index (χ1) is 6.66. The number of rotatable bonds is 1. The van der Waals surface area contributed by atoms with E-state index in [2.05, 4.69) is 0 Å². The highest BCUT2D eigenvalue weighted by Crippen LogP contribution is 2.22. The molecule has 4 heteroatoms. The van der Waals surface area contributed by atoms with Crippen LogP contribution in [0.4, 0.5) is 16.2 Å². The molecule has 1 atom stereocenters. The van der Waals surface area contributed by atoms with Gasteiger partial charge in [-0.1, -0.05) is 0 Å². The number of carbonyl (C=O) groups excluding carboxylic acids is 1. The highest BCUT2D eigenvalue weighted by molar-refractivity contribution is 5.89. The number of cyclic esters (lactones) is 1. The molecule has 0 aliphatic carbocycles. The van der Waals surface area contributed by atoms with Gasteiger partial charge in [-0.25, -0.2) is 4.79 Å². The van der Waals surface area contributed by atoms with Gasteiger partial charge in [-0.15, -0.1) is 0 Å². The third-order valence-corrected chi connectivity index (χ3v) is 2.17. The van der Waals surface area contributed by atoms with Gasteiger partial charge in [0.15, 0.2) is 0 Å². The van der Waals surface area contributed by atoms with Crippen LogP contribution >= 0.6 is 0 Å². The summed E-state index contributed by atoms with van der Waals surface area (Å²) in [5.41, 5.74) is 7.07. The summed E-state index contributed by atoms with van der Waals surface area (Å²) in [6.07, 6.45) is -0.331. The minimum atomic E-state index is -0.290. The number of benzene rings is 1. The Labute approximate surface area is 82.3 Å². The molecule has 1 unspecified atom stereocenters. The number of nitrogen functional groups attached to an aromatic ring is 1. The Kier molecular flexibility index (Phi) is 2.04. The van der Waals surface area contributed by atoms with Crippen molar-refractivity contribution in [1.29, 1.82) is 0 Å². The number of ether oxygens (including phenoxy) is 1. The van der Waals surface area contributed by atoms with Crippen LogP contribution in [-0.2, 0) is 4.74 Å². The number of amides is 1. The lowest BCUT2D eigenvalue weighted by Gasteiger charge is -2.12. The van der Waals surface area contributed by atoms with E-state index < -0.39 is 0 Å². The second-order valence-electron chi connectivity index (χ2n) is 3.40. The fourth-order valence-electron chi connectivity index (χ4n) is 1.47. The van der Waals surface area contributed by atoms with Crippen molar-refractivity contribution in [2.24, 2.45) is 0 Å². The molecular formula is C10H12N2O2. The fraction of sp³-hybridized carbons (Fsp3) is 0.300. The van der Waals surface area contributed by atoms with Gasteiger partial charge in [0.2, 0.25) is 0 Å². The average molecular weight is 192 g/mol. The van der Waals surface area contributed by atoms with E-state index in [0.29, 0.717) is 12.2 Å². The van der Waals surface area contributed by atoms with Gasteiger partial charge in [0.05, 0.1) is 6.54 Å². The molecule has 1 aliphatic heterocycles. The Hall–Kier alpha value is -1.71. The van der Waals surface area contributed by atoms with Crippen LogP contribution in [0, 0.1) is 0 Å². The third kappa shape index (κ3) is 1.51. The third-order valence-electron chi connectivity index (χ3n) is 2.17. The van der Waals surface area contributed by atoms with Crippen molar-refractivity contribution in [3.63, 3.8) is 0 Å². The maximum atomic E-state index is 11.3. The molecule has 2 N–H and O–H groups in total. The van der Waals surface area contributed by atoms with E-state index in [9.17, 15) is 4.79 Å². The minimum absolute atomic E-state index is 0.0416. The molecule has 1 amide bonds. The summed E-state index contributed by atoms with van der Waals surface area (Å²) in [6, 6.07) is 7.17. The highest BCUT2D eigenvalue weighted by Gasteiger charge is 2.28. The van der Waals surface area contributed by atoms with Crippen molar-refractivity contribution < 1.29 is 9.53 Å². The molecule has 14 heavy (non-hydrogen) atoms. The van der Waals surface area contributed by atoms with Gasteiger partial charge in [-0.3, -0.25) is 4.90 Å². The monoisotopic (exact) mass is 192 g/mol. The standard InChI is InChI=1S/C10H12N2O2/c1-7-6-12(10(13)14-7)9-4-2-8(11)3-5-9/h2-5,7H,6,11H2,1H3. The second kappa shape index (κ2) is 3.21. The van der Waals surface area contributed by atoms with E-state index in [4.69, 9.17) is 10.5 Å². The normalized spacial score (nSPS) is 21.1. The summed E-state index contributed by atoms with van der Waals surface area (Å²) in [4.78, 5) is 12.9. The second-order valence-corrected chi connectivity index (χ2v) is 3.40. The first kappa shape index (κ1) is 8.87. The highest BCUT2D eigenvalue weighted by atomic mass is 16.6. The van der Waals surface area contributed by atoms with Crippen molar-refractivity contribution in [1.82, 2.24) is 0 Å². The molecule has 1 aromatic rings. The van der Waals surface area contributed by atoms with Crippen LogP contribution in [0.2, 0.25) is 0 Å². The summed E-state index contributed by atoms with van der Waals surface area (Å²) in [5, 5.41) is 0. The first-order valence-electron chi connectivity index (χ1n) is 4.50. The zero-order chi connectivity index (χ0) is 10.1. The van der Waals surface area contributed by atoms with Crippen LogP contribution in [0.15, 0.2) is 24.3 Å². The van der Waals surface area contributed by atoms with Crippen LogP contribution in [0.5, 0.6) is 0 Å². The molecular weight excluding hydrogens is 180 g/mol. The molecule has 1 heterocycles. The van der Waals surface area contributed by atoms with E-state index in [1.165, 1.54) is 0 Å². The number of hydrogen-bond donors (Lipinski definition) is 1. The van der Waals surface area contributed by atoms with E-state index in [-0.39, 0.29) is 12.2 Å². The predicted octanol–water partition coefficient (Wildman–Crippen LogP) is 1.61. The maximum absolute atomic E-state index is 11.3. The molecule has 0 spiro atoms. The van der Waals surface area contributed by atoms with E-state index in [1.807, 2.05) is 19.1 Å². The van der Waals surface area contributed by atoms with Crippen LogP contribution in [-0.4, -0.2) is 18.7 Å². The number of nitrogens with two attached hydrogens (primary N) is 1. The van der Waals surface area contributed by atoms with Gasteiger partial charge in [-0.2, -0.15) is 0 Å². The Morgan fingerprint density at radius 1 is 1.43 bits per heavy atom. The molecule has 0 saturated carbocycles. The van der Waals surface area contributed by atoms with Gasteiger partial charge >= 0.3 is 6.09 Å². The number of nitrogens with zero attached hydrogens (tertiary/aromatic N) is 1. The van der Waals surface area contributed by atoms with Crippen molar-refractivity contribution >= 4 is 17.5 Å². The van der Waals surface area contributed by atoms with Crippen molar-refractivity contribution in [3.8, 4) is 0 Å². The summed E-state index contributed by atoms with van der Waals surface area (Å²) in [5.74, 6) is 0. The van der Waals surface area contributed by atoms with Gasteiger partial charge in [-0.05, 0) is 31.2 Å². The van der Waals surface area contributed by atoms with Gasteiger partial charge in [0, 0.05) is 11.4 Å². The molecule has 2 rings (SSSR count). The quantitative estimate of drug-likeness (QED) is 0.688. The van der Waals surface area contributed by atoms with Crippen molar-refractivity contribution in [3.05, 3.63) is 24.3 Å². The zero-order valence-corrected chi connectivity index (χ0v) is 7.93. The lowest BCUT2D eigenvalue weighted by molar-refractivity contribution is 0.150. The van der Waals surface area contributed by atoms with Crippen LogP contribution in [0.3, 0.4) is 0 Å². The molecule has 1 fully saturated rings. The molecule has 74 valence electrons. The van der Waals surface area contributed by atoms with E-state index >= 15 is 0 Å². The fourth-order valence-corrected chi connectivity index (χ4v) is 1.47. The predicted molar refractivity (Wildman–Crippen MR) is 54.1 cm³/mol. The molecule has 1 aliphatic rings. The molecule has 0 aromatic heterocycles. The Morgan fingerprint density at radius 2 is 2.07 bits per heavy atom. The first-order valence-corrected chi connectivity index (χ1v) is 4.50. The van der Waals surface area contributed by atoms with Crippen LogP contribution in [0.1, 0.15) is 6.92 Å². The lowest BCUT2D eigenvalue weighted by atomic mass is 10.2. The Bertz CT molecular complexity index is 348. The molecule has 0 radical (unpaired) electrons. The summed E-state index contributed by atoms with van der Waals surface area (Å²) >= 11 is 0. The molecule has 1 saturated heterocycles. The van der Waals surface area contributed by atoms with Crippen molar-refractivity contribution in [2.75, 3.05) is 17.2 Å². The Balaban J connectivity index is 2.23. The van der Waals surface area contributed by atoms with Crippen LogP contribution < -0.4 is 10.6 Å². The topological polar surface area (TPSA) is 55.6 Å². The largest absolute Gasteiger partial charge is 0.444 e. The van der Waals surface area contributed by atoms with Gasteiger partial charge in [0.1, 0.15) is 6.10 Å². The smallest absolute Gasteiger partial charge is 0.414 e. The minimum Gasteiger partial charge on any atom is -0.444 e. The SMILES string of the molecule is CC1CN(c2ccc(N)cc2)C(=O)O1. The average Bonchev–Trinajstić information content (AvgIpc) is 2.47. The lowest BCUT2D eigenvalue weighted by Crippen LogP contribution is -2.23. The van der Waals surface area contributed by atoms with E-state index in [0.717, 1.165) is 5.69 Å². The summed E-state index contributed by atoms with van der Waals surface area (Å²) in [6.45, 7) is 2.47. The Morgan fingerprint density at radius 3 is 2.57 bits per heavy atom. The van der Waals surface area contributed by atoms with Gasteiger partial charge in [0.25, 0.3) is 0 Å². The summed E-state index contributed by atoms with van der Waals surface area (Å²) < 4.78 is 5.01. The van der Waals surface area contributed by atoms with Crippen molar-refractivity contribution in [2.45, 2.75) is 13.0 Å². The number of anilines is 2. The maximum Gasteiger partial charge on any atom is 0.414 e. The zero-order valence-electron chi connectivity index (χ0n) is 7.93. The van der Waals surface area contributed by atoms with E-state index in [1.54, 1.807) is 17.0 Å². The number of hydrogen-bond acceptors (Lipinski definition) is 3. The van der Waals surface area contributed by atoms with Crippen LogP contribution in [0.25, 0.3) is 0 Å². The number of carbonyl (C=O) groups is 1. The van der Waals surface area contributed by atoms with Gasteiger partial charge < -0.3 is 10.5 Å².